The quantitative estimate of drug-likeness (QED) is 0.560. The van der Waals surface area contributed by atoms with E-state index in [2.05, 4.69) is 12.0 Å². The van der Waals surface area contributed by atoms with Crippen molar-refractivity contribution in [2.24, 2.45) is 5.73 Å². The van der Waals surface area contributed by atoms with Crippen LogP contribution in [-0.2, 0) is 6.54 Å². The molecule has 4 heteroatoms. The average Bonchev–Trinajstić information content (AvgIpc) is 2.88. The number of hydrogen-bond donors (Lipinski definition) is 2. The van der Waals surface area contributed by atoms with Crippen LogP contribution >= 0.6 is 0 Å². The number of nitrogen functional groups attached to an aromatic ring is 1. The molecule has 4 nitrogen and oxygen atoms in total. The third kappa shape index (κ3) is 1.52. The van der Waals surface area contributed by atoms with Crippen molar-refractivity contribution in [1.82, 2.24) is 9.78 Å². The van der Waals surface area contributed by atoms with Crippen LogP contribution in [0.4, 0.5) is 0 Å². The summed E-state index contributed by atoms with van der Waals surface area (Å²) in [5.74, 6) is 0.747. The van der Waals surface area contributed by atoms with Crippen molar-refractivity contribution >= 4 is 5.84 Å². The number of nitrogens with one attached hydrogen (secondary N) is 1. The van der Waals surface area contributed by atoms with E-state index in [4.69, 9.17) is 11.1 Å². The van der Waals surface area contributed by atoms with Crippen LogP contribution < -0.4 is 5.73 Å². The second-order valence-electron chi connectivity index (χ2n) is 3.85. The second-order valence-corrected chi connectivity index (χ2v) is 3.85. The minimum absolute atomic E-state index is 0.147. The summed E-state index contributed by atoms with van der Waals surface area (Å²) >= 11 is 0. The van der Waals surface area contributed by atoms with Gasteiger partial charge in [-0.2, -0.15) is 5.10 Å². The molecule has 0 radical (unpaired) electrons. The zero-order chi connectivity index (χ0) is 10.1. The molecule has 1 fully saturated rings. The Bertz CT molecular complexity index is 349. The van der Waals surface area contributed by atoms with Gasteiger partial charge in [-0.05, 0) is 19.3 Å². The van der Waals surface area contributed by atoms with Crippen LogP contribution in [0.15, 0.2) is 6.20 Å². The van der Waals surface area contributed by atoms with Gasteiger partial charge in [0.15, 0.2) is 0 Å². The number of aryl methyl sites for hydroxylation is 1. The van der Waals surface area contributed by atoms with E-state index >= 15 is 0 Å². The normalized spacial score (nSPS) is 15.8. The first-order valence-electron chi connectivity index (χ1n) is 5.14. The molecule has 2 rings (SSSR count). The zero-order valence-corrected chi connectivity index (χ0v) is 8.45. The SMILES string of the molecule is CCCn1ncc(C(=N)N)c1C1CC1. The number of rotatable bonds is 4. The van der Waals surface area contributed by atoms with Crippen LogP contribution in [0.25, 0.3) is 0 Å². The maximum atomic E-state index is 7.47. The van der Waals surface area contributed by atoms with Gasteiger partial charge in [0, 0.05) is 12.5 Å². The first kappa shape index (κ1) is 9.24. The molecule has 0 unspecified atom stereocenters. The van der Waals surface area contributed by atoms with Gasteiger partial charge in [0.1, 0.15) is 5.84 Å². The molecule has 3 N–H and O–H groups in total. The molecule has 14 heavy (non-hydrogen) atoms. The second kappa shape index (κ2) is 3.44. The highest BCUT2D eigenvalue weighted by molar-refractivity contribution is 5.96. The standard InChI is InChI=1S/C10H16N4/c1-2-5-14-9(7-3-4-7)8(6-13-14)10(11)12/h6-7H,2-5H2,1H3,(H3,11,12). The van der Waals surface area contributed by atoms with Crippen LogP contribution in [0.2, 0.25) is 0 Å². The molecule has 0 bridgehead atoms. The molecular weight excluding hydrogens is 176 g/mol. The fraction of sp³-hybridized carbons (Fsp3) is 0.600. The number of aromatic nitrogens is 2. The molecule has 0 aliphatic heterocycles. The van der Waals surface area contributed by atoms with E-state index in [1.54, 1.807) is 6.20 Å². The molecule has 0 aromatic carbocycles. The van der Waals surface area contributed by atoms with Gasteiger partial charge in [0.05, 0.1) is 17.5 Å². The van der Waals surface area contributed by atoms with Crippen LogP contribution in [0, 0.1) is 5.41 Å². The number of nitrogens with zero attached hydrogens (tertiary/aromatic N) is 2. The molecule has 1 aliphatic carbocycles. The lowest BCUT2D eigenvalue weighted by Gasteiger charge is -2.06. The Labute approximate surface area is 83.6 Å². The van der Waals surface area contributed by atoms with E-state index in [1.807, 2.05) is 4.68 Å². The van der Waals surface area contributed by atoms with Crippen molar-refractivity contribution in [1.29, 1.82) is 5.41 Å². The molecule has 1 aromatic rings. The lowest BCUT2D eigenvalue weighted by atomic mass is 10.1. The molecule has 1 saturated carbocycles. The van der Waals surface area contributed by atoms with Crippen molar-refractivity contribution in [3.8, 4) is 0 Å². The summed E-state index contributed by atoms with van der Waals surface area (Å²) in [6.07, 6.45) is 5.23. The molecule has 0 saturated heterocycles. The predicted octanol–water partition coefficient (Wildman–Crippen LogP) is 1.45. The van der Waals surface area contributed by atoms with Gasteiger partial charge in [-0.1, -0.05) is 6.92 Å². The highest BCUT2D eigenvalue weighted by atomic mass is 15.3. The highest BCUT2D eigenvalue weighted by Gasteiger charge is 2.30. The van der Waals surface area contributed by atoms with Gasteiger partial charge >= 0.3 is 0 Å². The van der Waals surface area contributed by atoms with E-state index in [0.717, 1.165) is 18.5 Å². The topological polar surface area (TPSA) is 67.7 Å². The van der Waals surface area contributed by atoms with Gasteiger partial charge in [-0.25, -0.2) is 0 Å². The Hall–Kier alpha value is -1.32. The van der Waals surface area contributed by atoms with Crippen molar-refractivity contribution in [2.75, 3.05) is 0 Å². The Morgan fingerprint density at radius 3 is 2.93 bits per heavy atom. The fourth-order valence-corrected chi connectivity index (χ4v) is 1.78. The molecule has 0 amide bonds. The number of hydrogen-bond acceptors (Lipinski definition) is 2. The number of amidine groups is 1. The summed E-state index contributed by atoms with van der Waals surface area (Å²) in [4.78, 5) is 0. The maximum absolute atomic E-state index is 7.47. The lowest BCUT2D eigenvalue weighted by Crippen LogP contribution is -2.14. The highest BCUT2D eigenvalue weighted by Crippen LogP contribution is 2.41. The Balaban J connectivity index is 2.36. The van der Waals surface area contributed by atoms with Gasteiger partial charge in [-0.15, -0.1) is 0 Å². The van der Waals surface area contributed by atoms with E-state index in [9.17, 15) is 0 Å². The van der Waals surface area contributed by atoms with Crippen molar-refractivity contribution < 1.29 is 0 Å². The van der Waals surface area contributed by atoms with Crippen LogP contribution in [0.5, 0.6) is 0 Å². The summed E-state index contributed by atoms with van der Waals surface area (Å²) in [7, 11) is 0. The molecule has 1 aliphatic rings. The van der Waals surface area contributed by atoms with Gasteiger partial charge in [-0.3, -0.25) is 10.1 Å². The first-order valence-corrected chi connectivity index (χ1v) is 5.14. The third-order valence-corrected chi connectivity index (χ3v) is 2.57. The summed E-state index contributed by atoms with van der Waals surface area (Å²) in [6.45, 7) is 3.06. The smallest absolute Gasteiger partial charge is 0.126 e. The van der Waals surface area contributed by atoms with E-state index in [-0.39, 0.29) is 5.84 Å². The van der Waals surface area contributed by atoms with E-state index in [1.165, 1.54) is 18.5 Å². The number of nitrogens with two attached hydrogens (primary N) is 1. The minimum Gasteiger partial charge on any atom is -0.384 e. The molecule has 0 atom stereocenters. The van der Waals surface area contributed by atoms with E-state index < -0.39 is 0 Å². The third-order valence-electron chi connectivity index (χ3n) is 2.57. The Morgan fingerprint density at radius 2 is 2.43 bits per heavy atom. The maximum Gasteiger partial charge on any atom is 0.126 e. The van der Waals surface area contributed by atoms with Crippen LogP contribution in [-0.4, -0.2) is 15.6 Å². The average molecular weight is 192 g/mol. The van der Waals surface area contributed by atoms with Crippen LogP contribution in [0.1, 0.15) is 43.4 Å². The van der Waals surface area contributed by atoms with Gasteiger partial charge < -0.3 is 5.73 Å². The molecular formula is C10H16N4. The monoisotopic (exact) mass is 192 g/mol. The zero-order valence-electron chi connectivity index (χ0n) is 8.45. The summed E-state index contributed by atoms with van der Waals surface area (Å²) in [5, 5.41) is 11.8. The van der Waals surface area contributed by atoms with E-state index in [0.29, 0.717) is 5.92 Å². The Kier molecular flexibility index (Phi) is 2.27. The summed E-state index contributed by atoms with van der Waals surface area (Å²) in [5.41, 5.74) is 7.53. The Morgan fingerprint density at radius 1 is 1.71 bits per heavy atom. The van der Waals surface area contributed by atoms with Crippen LogP contribution in [0.3, 0.4) is 0 Å². The molecule has 1 heterocycles. The lowest BCUT2D eigenvalue weighted by molar-refractivity contribution is 0.575. The first-order chi connectivity index (χ1) is 6.74. The van der Waals surface area contributed by atoms with Gasteiger partial charge in [0.2, 0.25) is 0 Å². The van der Waals surface area contributed by atoms with Crippen molar-refractivity contribution in [3.63, 3.8) is 0 Å². The minimum atomic E-state index is 0.147. The predicted molar refractivity (Wildman–Crippen MR) is 55.5 cm³/mol. The molecule has 0 spiro atoms. The fourth-order valence-electron chi connectivity index (χ4n) is 1.78. The van der Waals surface area contributed by atoms with Crippen molar-refractivity contribution in [3.05, 3.63) is 17.5 Å². The largest absolute Gasteiger partial charge is 0.384 e. The summed E-state index contributed by atoms with van der Waals surface area (Å²) < 4.78 is 2.01. The molecule has 1 aromatic heterocycles. The molecule has 76 valence electrons. The van der Waals surface area contributed by atoms with Crippen molar-refractivity contribution in [2.45, 2.75) is 38.6 Å². The summed E-state index contributed by atoms with van der Waals surface area (Å²) in [6, 6.07) is 0. The van der Waals surface area contributed by atoms with Gasteiger partial charge in [0.25, 0.3) is 0 Å².